The SMILES string of the molecule is COc1ccc(Nc2ccc(C(=O)NC3CC3)nc2)cc1Cl. The van der Waals surface area contributed by atoms with Gasteiger partial charge in [-0.3, -0.25) is 4.79 Å². The molecule has 3 rings (SSSR count). The van der Waals surface area contributed by atoms with Crippen LogP contribution in [-0.4, -0.2) is 24.0 Å². The van der Waals surface area contributed by atoms with Gasteiger partial charge in [0.15, 0.2) is 0 Å². The van der Waals surface area contributed by atoms with Crippen LogP contribution < -0.4 is 15.4 Å². The average Bonchev–Trinajstić information content (AvgIpc) is 3.32. The maximum atomic E-state index is 11.9. The second-order valence-electron chi connectivity index (χ2n) is 5.15. The summed E-state index contributed by atoms with van der Waals surface area (Å²) in [6.45, 7) is 0. The minimum Gasteiger partial charge on any atom is -0.495 e. The smallest absolute Gasteiger partial charge is 0.270 e. The van der Waals surface area contributed by atoms with Crippen molar-refractivity contribution in [1.29, 1.82) is 0 Å². The van der Waals surface area contributed by atoms with E-state index in [1.54, 1.807) is 31.5 Å². The number of pyridine rings is 1. The molecule has 1 aliphatic carbocycles. The minimum absolute atomic E-state index is 0.124. The highest BCUT2D eigenvalue weighted by atomic mass is 35.5. The largest absolute Gasteiger partial charge is 0.495 e. The first-order valence-electron chi connectivity index (χ1n) is 7.03. The first-order chi connectivity index (χ1) is 10.7. The van der Waals surface area contributed by atoms with Crippen molar-refractivity contribution in [2.45, 2.75) is 18.9 Å². The molecule has 0 unspecified atom stereocenters. The fraction of sp³-hybridized carbons (Fsp3) is 0.250. The summed E-state index contributed by atoms with van der Waals surface area (Å²) < 4.78 is 5.11. The van der Waals surface area contributed by atoms with Crippen LogP contribution in [-0.2, 0) is 0 Å². The Balaban J connectivity index is 1.67. The van der Waals surface area contributed by atoms with Crippen LogP contribution in [0.2, 0.25) is 5.02 Å². The Kier molecular flexibility index (Phi) is 4.15. The molecule has 0 atom stereocenters. The summed E-state index contributed by atoms with van der Waals surface area (Å²) in [5.74, 6) is 0.499. The molecule has 0 saturated heterocycles. The van der Waals surface area contributed by atoms with Gasteiger partial charge in [0.1, 0.15) is 11.4 Å². The molecule has 22 heavy (non-hydrogen) atoms. The molecule has 0 radical (unpaired) electrons. The van der Waals surface area contributed by atoms with Crippen LogP contribution in [0.25, 0.3) is 0 Å². The Labute approximate surface area is 133 Å². The minimum atomic E-state index is -0.124. The van der Waals surface area contributed by atoms with E-state index in [-0.39, 0.29) is 5.91 Å². The number of carbonyl (C=O) groups excluding carboxylic acids is 1. The molecule has 0 bridgehead atoms. The normalized spacial score (nSPS) is 13.5. The van der Waals surface area contributed by atoms with Crippen molar-refractivity contribution in [3.05, 3.63) is 47.2 Å². The summed E-state index contributed by atoms with van der Waals surface area (Å²) in [6, 6.07) is 9.26. The Morgan fingerprint density at radius 1 is 1.27 bits per heavy atom. The van der Waals surface area contributed by atoms with E-state index in [1.807, 2.05) is 12.1 Å². The van der Waals surface area contributed by atoms with Gasteiger partial charge in [0.2, 0.25) is 0 Å². The third-order valence-corrected chi connectivity index (χ3v) is 3.64. The molecule has 1 saturated carbocycles. The van der Waals surface area contributed by atoms with E-state index in [9.17, 15) is 4.79 Å². The molecule has 0 aliphatic heterocycles. The molecule has 2 aromatic rings. The number of nitrogens with one attached hydrogen (secondary N) is 2. The lowest BCUT2D eigenvalue weighted by Crippen LogP contribution is -2.26. The predicted molar refractivity (Wildman–Crippen MR) is 86.0 cm³/mol. The van der Waals surface area contributed by atoms with E-state index in [0.29, 0.717) is 22.5 Å². The summed E-state index contributed by atoms with van der Waals surface area (Å²) in [4.78, 5) is 16.0. The second-order valence-corrected chi connectivity index (χ2v) is 5.56. The van der Waals surface area contributed by atoms with Gasteiger partial charge in [-0.25, -0.2) is 4.98 Å². The first-order valence-corrected chi connectivity index (χ1v) is 7.41. The highest BCUT2D eigenvalue weighted by Crippen LogP contribution is 2.28. The van der Waals surface area contributed by atoms with E-state index in [4.69, 9.17) is 16.3 Å². The third-order valence-electron chi connectivity index (χ3n) is 3.35. The number of rotatable bonds is 5. The number of hydrogen-bond donors (Lipinski definition) is 2. The van der Waals surface area contributed by atoms with Crippen LogP contribution in [0.15, 0.2) is 36.5 Å². The summed E-state index contributed by atoms with van der Waals surface area (Å²) in [5.41, 5.74) is 2.03. The molecule has 114 valence electrons. The molecule has 5 nitrogen and oxygen atoms in total. The second kappa shape index (κ2) is 6.23. The highest BCUT2D eigenvalue weighted by molar-refractivity contribution is 6.32. The number of methoxy groups -OCH3 is 1. The van der Waals surface area contributed by atoms with Gasteiger partial charge in [-0.1, -0.05) is 11.6 Å². The lowest BCUT2D eigenvalue weighted by atomic mass is 10.2. The molecule has 1 fully saturated rings. The third kappa shape index (κ3) is 3.49. The molecular weight excluding hydrogens is 302 g/mol. The lowest BCUT2D eigenvalue weighted by Gasteiger charge is -2.09. The van der Waals surface area contributed by atoms with Crippen molar-refractivity contribution in [2.75, 3.05) is 12.4 Å². The zero-order chi connectivity index (χ0) is 15.5. The fourth-order valence-electron chi connectivity index (χ4n) is 2.00. The zero-order valence-electron chi connectivity index (χ0n) is 12.1. The lowest BCUT2D eigenvalue weighted by molar-refractivity contribution is 0.0946. The summed E-state index contributed by atoms with van der Waals surface area (Å²) >= 11 is 6.08. The van der Waals surface area contributed by atoms with E-state index in [1.165, 1.54) is 0 Å². The molecule has 1 aromatic heterocycles. The van der Waals surface area contributed by atoms with Crippen LogP contribution >= 0.6 is 11.6 Å². The van der Waals surface area contributed by atoms with Crippen molar-refractivity contribution < 1.29 is 9.53 Å². The van der Waals surface area contributed by atoms with Crippen LogP contribution in [0.3, 0.4) is 0 Å². The molecule has 1 amide bonds. The average molecular weight is 318 g/mol. The number of amides is 1. The molecule has 0 spiro atoms. The van der Waals surface area contributed by atoms with Gasteiger partial charge in [0.25, 0.3) is 5.91 Å². The Morgan fingerprint density at radius 2 is 2.05 bits per heavy atom. The van der Waals surface area contributed by atoms with Crippen molar-refractivity contribution in [1.82, 2.24) is 10.3 Å². The Hall–Kier alpha value is -2.27. The van der Waals surface area contributed by atoms with Crippen molar-refractivity contribution in [3.8, 4) is 5.75 Å². The van der Waals surface area contributed by atoms with Crippen molar-refractivity contribution >= 4 is 28.9 Å². The Bertz CT molecular complexity index is 684. The van der Waals surface area contributed by atoms with Crippen LogP contribution in [0, 0.1) is 0 Å². The quantitative estimate of drug-likeness (QED) is 0.887. The highest BCUT2D eigenvalue weighted by Gasteiger charge is 2.24. The maximum Gasteiger partial charge on any atom is 0.270 e. The predicted octanol–water partition coefficient (Wildman–Crippen LogP) is 3.38. The number of hydrogen-bond acceptors (Lipinski definition) is 4. The first kappa shape index (κ1) is 14.7. The monoisotopic (exact) mass is 317 g/mol. The number of halogens is 1. The zero-order valence-corrected chi connectivity index (χ0v) is 12.9. The van der Waals surface area contributed by atoms with E-state index < -0.39 is 0 Å². The van der Waals surface area contributed by atoms with Gasteiger partial charge in [0, 0.05) is 11.7 Å². The van der Waals surface area contributed by atoms with Gasteiger partial charge < -0.3 is 15.4 Å². The van der Waals surface area contributed by atoms with Gasteiger partial charge in [-0.05, 0) is 43.2 Å². The number of aromatic nitrogens is 1. The van der Waals surface area contributed by atoms with Crippen LogP contribution in [0.4, 0.5) is 11.4 Å². The molecule has 1 aromatic carbocycles. The molecule has 1 aliphatic rings. The van der Waals surface area contributed by atoms with Crippen molar-refractivity contribution in [2.24, 2.45) is 0 Å². The molecule has 6 heteroatoms. The number of nitrogens with zero attached hydrogens (tertiary/aromatic N) is 1. The van der Waals surface area contributed by atoms with Gasteiger partial charge in [-0.15, -0.1) is 0 Å². The standard InChI is InChI=1S/C16H16ClN3O2/c1-22-15-7-5-11(8-13(15)17)19-12-4-6-14(18-9-12)16(21)20-10-2-3-10/h4-10,19H,2-3H2,1H3,(H,20,21). The van der Waals surface area contributed by atoms with E-state index in [0.717, 1.165) is 24.2 Å². The fourth-order valence-corrected chi connectivity index (χ4v) is 2.26. The number of carbonyl (C=O) groups is 1. The van der Waals surface area contributed by atoms with Crippen LogP contribution in [0.1, 0.15) is 23.3 Å². The number of ether oxygens (including phenoxy) is 1. The Morgan fingerprint density at radius 3 is 2.64 bits per heavy atom. The van der Waals surface area contributed by atoms with Crippen molar-refractivity contribution in [3.63, 3.8) is 0 Å². The topological polar surface area (TPSA) is 63.2 Å². The maximum absolute atomic E-state index is 11.9. The summed E-state index contributed by atoms with van der Waals surface area (Å²) in [5, 5.41) is 6.62. The van der Waals surface area contributed by atoms with Gasteiger partial charge >= 0.3 is 0 Å². The molecular formula is C16H16ClN3O2. The van der Waals surface area contributed by atoms with E-state index in [2.05, 4.69) is 15.6 Å². The summed E-state index contributed by atoms with van der Waals surface area (Å²) in [6.07, 6.45) is 3.74. The number of benzene rings is 1. The van der Waals surface area contributed by atoms with Gasteiger partial charge in [-0.2, -0.15) is 0 Å². The van der Waals surface area contributed by atoms with E-state index >= 15 is 0 Å². The summed E-state index contributed by atoms with van der Waals surface area (Å²) in [7, 11) is 1.57. The number of anilines is 2. The van der Waals surface area contributed by atoms with Gasteiger partial charge in [0.05, 0.1) is 24.0 Å². The molecule has 2 N–H and O–H groups in total. The van der Waals surface area contributed by atoms with Crippen LogP contribution in [0.5, 0.6) is 5.75 Å². The molecule has 1 heterocycles.